The van der Waals surface area contributed by atoms with Crippen LogP contribution < -0.4 is 11.1 Å². The predicted molar refractivity (Wildman–Crippen MR) is 108 cm³/mol. The van der Waals surface area contributed by atoms with Gasteiger partial charge in [0.1, 0.15) is 0 Å². The van der Waals surface area contributed by atoms with Crippen LogP contribution in [0.5, 0.6) is 0 Å². The largest absolute Gasteiger partial charge is 0.477 e. The van der Waals surface area contributed by atoms with Crippen molar-refractivity contribution < 1.29 is 19.4 Å². The van der Waals surface area contributed by atoms with Gasteiger partial charge >= 0.3 is 0 Å². The highest BCUT2D eigenvalue weighted by atomic mass is 16.5. The number of rotatable bonds is 3. The van der Waals surface area contributed by atoms with E-state index < -0.39 is 24.0 Å². The summed E-state index contributed by atoms with van der Waals surface area (Å²) in [6.45, 7) is 5.83. The van der Waals surface area contributed by atoms with Gasteiger partial charge in [-0.25, -0.2) is 4.99 Å². The van der Waals surface area contributed by atoms with Crippen LogP contribution in [0.15, 0.2) is 66.0 Å². The third-order valence-corrected chi connectivity index (χ3v) is 4.18. The number of allylic oxidation sites excluding steroid dienone is 2. The Morgan fingerprint density at radius 3 is 2.79 bits per heavy atom. The van der Waals surface area contributed by atoms with E-state index in [1.165, 1.54) is 0 Å². The van der Waals surface area contributed by atoms with Crippen LogP contribution in [0.4, 0.5) is 0 Å². The van der Waals surface area contributed by atoms with Crippen LogP contribution in [0, 0.1) is 0 Å². The molecule has 7 heteroatoms. The van der Waals surface area contributed by atoms with E-state index in [1.807, 2.05) is 6.08 Å². The van der Waals surface area contributed by atoms with Gasteiger partial charge in [0.2, 0.25) is 11.8 Å². The Hall–Kier alpha value is -3.19. The summed E-state index contributed by atoms with van der Waals surface area (Å²) >= 11 is 0. The number of carbonyl (C=O) groups excluding carboxylic acids is 2. The van der Waals surface area contributed by atoms with E-state index in [0.29, 0.717) is 35.7 Å². The smallest absolute Gasteiger partial charge is 0.252 e. The Balaban J connectivity index is 2.47. The molecule has 1 aliphatic rings. The third-order valence-electron chi connectivity index (χ3n) is 4.18. The Bertz CT molecular complexity index is 827. The molecule has 2 atom stereocenters. The molecule has 0 fully saturated rings. The fourth-order valence-corrected chi connectivity index (χ4v) is 2.74. The molecule has 1 heterocycles. The van der Waals surface area contributed by atoms with Gasteiger partial charge in [-0.2, -0.15) is 0 Å². The van der Waals surface area contributed by atoms with Crippen LogP contribution in [-0.4, -0.2) is 41.4 Å². The average Bonchev–Trinajstić information content (AvgIpc) is 2.68. The lowest BCUT2D eigenvalue weighted by Crippen LogP contribution is -2.49. The van der Waals surface area contributed by atoms with Crippen LogP contribution in [-0.2, 0) is 9.53 Å². The molecule has 4 N–H and O–H groups in total. The number of primary amides is 1. The van der Waals surface area contributed by atoms with Crippen molar-refractivity contribution in [3.05, 3.63) is 72.2 Å². The predicted octanol–water partition coefficient (Wildman–Crippen LogP) is 1.83. The standard InChI is InChI=1S/C21H25N3O4/c1-3-9-18-23-14(2)15-10-6-7-11-16(15)21(27)24-17(19(25)20(22)26)12-5-4-8-13-28-18/h3-7,9-11,17,19,25H,1,8,12-13H2,2H3,(H2,22,26)(H,24,27)/b5-4+,18-9+,23-14+. The number of amides is 2. The maximum absolute atomic E-state index is 12.9. The number of aliphatic imine (C=N–C) groups is 1. The number of aliphatic hydroxyl groups excluding tert-OH is 1. The second-order valence-electron chi connectivity index (χ2n) is 6.25. The molecule has 0 spiro atoms. The monoisotopic (exact) mass is 383 g/mol. The van der Waals surface area contributed by atoms with Crippen LogP contribution in [0.1, 0.15) is 35.7 Å². The number of carbonyl (C=O) groups is 2. The normalized spacial score (nSPS) is 23.8. The minimum Gasteiger partial charge on any atom is -0.477 e. The lowest BCUT2D eigenvalue weighted by atomic mass is 10.0. The molecule has 1 aliphatic heterocycles. The molecule has 0 aromatic heterocycles. The van der Waals surface area contributed by atoms with E-state index in [4.69, 9.17) is 10.5 Å². The molecule has 0 saturated carbocycles. The van der Waals surface area contributed by atoms with Gasteiger partial charge in [0.05, 0.1) is 12.6 Å². The lowest BCUT2D eigenvalue weighted by Gasteiger charge is -2.22. The van der Waals surface area contributed by atoms with Gasteiger partial charge in [0.15, 0.2) is 6.10 Å². The average molecular weight is 383 g/mol. The lowest BCUT2D eigenvalue weighted by molar-refractivity contribution is -0.127. The molecule has 2 rings (SSSR count). The maximum Gasteiger partial charge on any atom is 0.252 e. The van der Waals surface area contributed by atoms with Gasteiger partial charge in [-0.15, -0.1) is 0 Å². The fraction of sp³-hybridized carbons (Fsp3) is 0.286. The van der Waals surface area contributed by atoms with Crippen LogP contribution >= 0.6 is 0 Å². The quantitative estimate of drug-likeness (QED) is 0.691. The van der Waals surface area contributed by atoms with Crippen molar-refractivity contribution >= 4 is 17.5 Å². The molecule has 0 bridgehead atoms. The number of nitrogens with two attached hydrogens (primary N) is 1. The topological polar surface area (TPSA) is 114 Å². The zero-order valence-corrected chi connectivity index (χ0v) is 15.8. The van der Waals surface area contributed by atoms with Crippen molar-refractivity contribution in [2.75, 3.05) is 6.61 Å². The van der Waals surface area contributed by atoms with Crippen LogP contribution in [0.2, 0.25) is 0 Å². The van der Waals surface area contributed by atoms with Crippen molar-refractivity contribution in [2.24, 2.45) is 10.7 Å². The third kappa shape index (κ3) is 5.65. The zero-order valence-electron chi connectivity index (χ0n) is 15.8. The summed E-state index contributed by atoms with van der Waals surface area (Å²) in [4.78, 5) is 28.7. The molecule has 0 radical (unpaired) electrons. The van der Waals surface area contributed by atoms with Gasteiger partial charge in [-0.1, -0.05) is 43.0 Å². The zero-order chi connectivity index (χ0) is 20.5. The highest BCUT2D eigenvalue weighted by Crippen LogP contribution is 2.15. The Morgan fingerprint density at radius 2 is 2.11 bits per heavy atom. The summed E-state index contributed by atoms with van der Waals surface area (Å²) in [6, 6.07) is 6.10. The van der Waals surface area contributed by atoms with Crippen molar-refractivity contribution in [3.63, 3.8) is 0 Å². The second-order valence-corrected chi connectivity index (χ2v) is 6.25. The number of nitrogens with zero attached hydrogens (tertiary/aromatic N) is 1. The fourth-order valence-electron chi connectivity index (χ4n) is 2.74. The molecular weight excluding hydrogens is 358 g/mol. The molecule has 148 valence electrons. The number of hydrogen-bond donors (Lipinski definition) is 3. The number of nitrogens with one attached hydrogen (secondary N) is 1. The second kappa shape index (κ2) is 10.2. The van der Waals surface area contributed by atoms with Crippen molar-refractivity contribution in [1.82, 2.24) is 5.32 Å². The molecule has 2 unspecified atom stereocenters. The molecule has 2 amide bonds. The van der Waals surface area contributed by atoms with E-state index in [0.717, 1.165) is 0 Å². The van der Waals surface area contributed by atoms with Crippen LogP contribution in [0.25, 0.3) is 0 Å². The van der Waals surface area contributed by atoms with Gasteiger partial charge in [0, 0.05) is 16.8 Å². The molecule has 7 nitrogen and oxygen atoms in total. The van der Waals surface area contributed by atoms with Crippen molar-refractivity contribution in [2.45, 2.75) is 31.9 Å². The number of fused-ring (bicyclic) bond motifs is 1. The first kappa shape index (κ1) is 21.1. The summed E-state index contributed by atoms with van der Waals surface area (Å²) in [5.74, 6) is -0.931. The molecule has 28 heavy (non-hydrogen) atoms. The molecule has 0 saturated heterocycles. The van der Waals surface area contributed by atoms with Gasteiger partial charge in [0.25, 0.3) is 5.91 Å². The molecular formula is C21H25N3O4. The number of ether oxygens (including phenoxy) is 1. The number of hydrogen-bond acceptors (Lipinski definition) is 5. The van der Waals surface area contributed by atoms with Crippen molar-refractivity contribution in [3.8, 4) is 0 Å². The van der Waals surface area contributed by atoms with E-state index in [2.05, 4.69) is 16.9 Å². The van der Waals surface area contributed by atoms with E-state index in [9.17, 15) is 14.7 Å². The maximum atomic E-state index is 12.9. The van der Waals surface area contributed by atoms with Crippen molar-refractivity contribution in [1.29, 1.82) is 0 Å². The highest BCUT2D eigenvalue weighted by molar-refractivity contribution is 6.09. The Labute approximate surface area is 164 Å². The van der Waals surface area contributed by atoms with Gasteiger partial charge in [-0.3, -0.25) is 9.59 Å². The highest BCUT2D eigenvalue weighted by Gasteiger charge is 2.26. The summed E-state index contributed by atoms with van der Waals surface area (Å²) < 4.78 is 5.68. The first-order valence-corrected chi connectivity index (χ1v) is 8.97. The van der Waals surface area contributed by atoms with E-state index in [1.54, 1.807) is 49.4 Å². The minimum absolute atomic E-state index is 0.250. The SMILES string of the molecule is C=C/C=C1\N=C(/C)c2ccccc2C(=O)NC(C(O)C(N)=O)C/C=C/CCO1. The van der Waals surface area contributed by atoms with Gasteiger partial charge in [-0.05, 0) is 31.9 Å². The number of aliphatic hydroxyl groups is 1. The first-order chi connectivity index (χ1) is 13.4. The Kier molecular flexibility index (Phi) is 7.71. The molecule has 1 aromatic carbocycles. The summed E-state index contributed by atoms with van der Waals surface area (Å²) in [5.41, 5.74) is 6.77. The summed E-state index contributed by atoms with van der Waals surface area (Å²) in [6.07, 6.45) is 6.19. The minimum atomic E-state index is -1.50. The molecule has 0 aliphatic carbocycles. The Morgan fingerprint density at radius 1 is 1.39 bits per heavy atom. The van der Waals surface area contributed by atoms with Crippen LogP contribution in [0.3, 0.4) is 0 Å². The van der Waals surface area contributed by atoms with E-state index >= 15 is 0 Å². The molecule has 1 aromatic rings. The summed E-state index contributed by atoms with van der Waals surface area (Å²) in [7, 11) is 0. The van der Waals surface area contributed by atoms with Gasteiger partial charge < -0.3 is 20.9 Å². The summed E-state index contributed by atoms with van der Waals surface area (Å²) in [5, 5.41) is 12.8. The van der Waals surface area contributed by atoms with E-state index in [-0.39, 0.29) is 6.42 Å². The first-order valence-electron chi connectivity index (χ1n) is 8.97. The number of benzene rings is 1.